The molecule has 21 heavy (non-hydrogen) atoms. The van der Waals surface area contributed by atoms with Gasteiger partial charge in [0.15, 0.2) is 0 Å². The van der Waals surface area contributed by atoms with Gasteiger partial charge in [-0.15, -0.1) is 0 Å². The van der Waals surface area contributed by atoms with Crippen LogP contribution < -0.4 is 10.1 Å². The molecule has 0 aliphatic rings. The molecule has 1 N–H and O–H groups in total. The van der Waals surface area contributed by atoms with Crippen LogP contribution in [0.15, 0.2) is 42.5 Å². The van der Waals surface area contributed by atoms with Gasteiger partial charge in [0.1, 0.15) is 12.4 Å². The van der Waals surface area contributed by atoms with Crippen molar-refractivity contribution in [1.82, 2.24) is 5.32 Å². The average Bonchev–Trinajstić information content (AvgIpc) is 2.46. The minimum absolute atomic E-state index is 0.183. The summed E-state index contributed by atoms with van der Waals surface area (Å²) >= 11 is 12.1. The molecule has 2 nitrogen and oxygen atoms in total. The van der Waals surface area contributed by atoms with Gasteiger partial charge < -0.3 is 10.1 Å². The van der Waals surface area contributed by atoms with E-state index in [2.05, 4.69) is 19.2 Å². The molecule has 0 aliphatic heterocycles. The summed E-state index contributed by atoms with van der Waals surface area (Å²) in [4.78, 5) is 0. The first-order chi connectivity index (χ1) is 10.1. The Hall–Kier alpha value is -1.22. The highest BCUT2D eigenvalue weighted by molar-refractivity contribution is 6.30. The summed E-state index contributed by atoms with van der Waals surface area (Å²) in [6.07, 6.45) is 0. The highest BCUT2D eigenvalue weighted by atomic mass is 35.5. The Morgan fingerprint density at radius 2 is 1.86 bits per heavy atom. The zero-order chi connectivity index (χ0) is 15.2. The fraction of sp³-hybridized carbons (Fsp3) is 0.294. The van der Waals surface area contributed by atoms with E-state index in [9.17, 15) is 0 Å². The molecule has 0 radical (unpaired) electrons. The minimum Gasteiger partial charge on any atom is -0.489 e. The number of ether oxygens (including phenoxy) is 1. The molecule has 0 aromatic heterocycles. The Bertz CT molecular complexity index is 601. The second-order valence-electron chi connectivity index (χ2n) is 4.88. The van der Waals surface area contributed by atoms with Crippen LogP contribution in [0.1, 0.15) is 31.0 Å². The van der Waals surface area contributed by atoms with Gasteiger partial charge >= 0.3 is 0 Å². The van der Waals surface area contributed by atoms with Crippen molar-refractivity contribution < 1.29 is 4.74 Å². The molecule has 0 saturated carbocycles. The van der Waals surface area contributed by atoms with Crippen LogP contribution in [0.2, 0.25) is 10.0 Å². The Labute approximate surface area is 136 Å². The summed E-state index contributed by atoms with van der Waals surface area (Å²) in [5.74, 6) is 0.841. The number of hydrogen-bond acceptors (Lipinski definition) is 2. The zero-order valence-corrected chi connectivity index (χ0v) is 13.7. The van der Waals surface area contributed by atoms with E-state index in [0.29, 0.717) is 16.7 Å². The van der Waals surface area contributed by atoms with Crippen LogP contribution in [-0.4, -0.2) is 6.54 Å². The van der Waals surface area contributed by atoms with Crippen LogP contribution in [0.25, 0.3) is 0 Å². The number of halogens is 2. The third-order valence-electron chi connectivity index (χ3n) is 3.23. The maximum absolute atomic E-state index is 6.10. The van der Waals surface area contributed by atoms with E-state index in [4.69, 9.17) is 27.9 Å². The smallest absolute Gasteiger partial charge is 0.124 e. The molecular weight excluding hydrogens is 305 g/mol. The molecule has 2 aromatic carbocycles. The molecule has 112 valence electrons. The van der Waals surface area contributed by atoms with E-state index in [1.54, 1.807) is 0 Å². The van der Waals surface area contributed by atoms with Crippen LogP contribution in [0, 0.1) is 0 Å². The van der Waals surface area contributed by atoms with E-state index in [0.717, 1.165) is 23.4 Å². The van der Waals surface area contributed by atoms with Crippen LogP contribution in [-0.2, 0) is 6.61 Å². The lowest BCUT2D eigenvalue weighted by Gasteiger charge is -2.18. The van der Waals surface area contributed by atoms with E-state index >= 15 is 0 Å². The van der Waals surface area contributed by atoms with Crippen molar-refractivity contribution in [2.45, 2.75) is 26.5 Å². The van der Waals surface area contributed by atoms with Crippen LogP contribution >= 0.6 is 23.2 Å². The summed E-state index contributed by atoms with van der Waals surface area (Å²) in [7, 11) is 0. The van der Waals surface area contributed by atoms with Gasteiger partial charge in [0.2, 0.25) is 0 Å². The normalized spacial score (nSPS) is 12.2. The number of nitrogens with one attached hydrogen (secondary N) is 1. The first-order valence-corrected chi connectivity index (χ1v) is 7.76. The molecule has 2 aromatic rings. The van der Waals surface area contributed by atoms with Gasteiger partial charge in [0.25, 0.3) is 0 Å². The lowest BCUT2D eigenvalue weighted by Crippen LogP contribution is -2.18. The average molecular weight is 324 g/mol. The summed E-state index contributed by atoms with van der Waals surface area (Å²) < 4.78 is 5.94. The molecule has 1 atom stereocenters. The predicted octanol–water partition coefficient (Wildman–Crippen LogP) is 5.24. The highest BCUT2D eigenvalue weighted by Crippen LogP contribution is 2.29. The lowest BCUT2D eigenvalue weighted by atomic mass is 10.1. The summed E-state index contributed by atoms with van der Waals surface area (Å²) in [5, 5.41) is 4.81. The van der Waals surface area contributed by atoms with Gasteiger partial charge in [-0.1, -0.05) is 42.3 Å². The first kappa shape index (κ1) is 16.2. The maximum Gasteiger partial charge on any atom is 0.124 e. The Morgan fingerprint density at radius 3 is 2.57 bits per heavy atom. The molecule has 4 heteroatoms. The predicted molar refractivity (Wildman–Crippen MR) is 89.3 cm³/mol. The standard InChI is InChI=1S/C17H19Cl2NO/c1-3-20-12(2)16-10-15(19)7-8-17(16)21-11-13-5-4-6-14(18)9-13/h4-10,12,20H,3,11H2,1-2H3. The van der Waals surface area contributed by atoms with Gasteiger partial charge in [-0.2, -0.15) is 0 Å². The second kappa shape index (κ2) is 7.69. The van der Waals surface area contributed by atoms with Gasteiger partial charge in [0, 0.05) is 21.7 Å². The molecule has 1 unspecified atom stereocenters. The van der Waals surface area contributed by atoms with Gasteiger partial charge in [0.05, 0.1) is 0 Å². The van der Waals surface area contributed by atoms with Crippen molar-refractivity contribution in [3.63, 3.8) is 0 Å². The summed E-state index contributed by atoms with van der Waals surface area (Å²) in [6, 6.07) is 13.6. The second-order valence-corrected chi connectivity index (χ2v) is 5.75. The van der Waals surface area contributed by atoms with E-state index in [-0.39, 0.29) is 6.04 Å². The largest absolute Gasteiger partial charge is 0.489 e. The molecule has 0 fully saturated rings. The van der Waals surface area contributed by atoms with E-state index in [1.807, 2.05) is 42.5 Å². The Balaban J connectivity index is 2.15. The number of rotatable bonds is 6. The van der Waals surface area contributed by atoms with Crippen molar-refractivity contribution in [3.8, 4) is 5.75 Å². The molecule has 0 aliphatic carbocycles. The monoisotopic (exact) mass is 323 g/mol. The fourth-order valence-corrected chi connectivity index (χ4v) is 2.59. The van der Waals surface area contributed by atoms with Gasteiger partial charge in [-0.25, -0.2) is 0 Å². The molecule has 0 amide bonds. The van der Waals surface area contributed by atoms with Crippen LogP contribution in [0.5, 0.6) is 5.75 Å². The summed E-state index contributed by atoms with van der Waals surface area (Å²) in [6.45, 7) is 5.55. The Morgan fingerprint density at radius 1 is 1.10 bits per heavy atom. The molecule has 0 saturated heterocycles. The molecule has 0 heterocycles. The van der Waals surface area contributed by atoms with Crippen LogP contribution in [0.3, 0.4) is 0 Å². The SMILES string of the molecule is CCNC(C)c1cc(Cl)ccc1OCc1cccc(Cl)c1. The summed E-state index contributed by atoms with van der Waals surface area (Å²) in [5.41, 5.74) is 2.10. The van der Waals surface area contributed by atoms with Crippen molar-refractivity contribution in [2.24, 2.45) is 0 Å². The fourth-order valence-electron chi connectivity index (χ4n) is 2.19. The van der Waals surface area contributed by atoms with Gasteiger partial charge in [-0.05, 0) is 49.4 Å². The number of hydrogen-bond donors (Lipinski definition) is 1. The topological polar surface area (TPSA) is 21.3 Å². The minimum atomic E-state index is 0.183. The first-order valence-electron chi connectivity index (χ1n) is 7.00. The van der Waals surface area contributed by atoms with Crippen molar-refractivity contribution in [2.75, 3.05) is 6.54 Å². The lowest BCUT2D eigenvalue weighted by molar-refractivity contribution is 0.300. The van der Waals surface area contributed by atoms with Crippen molar-refractivity contribution >= 4 is 23.2 Å². The zero-order valence-electron chi connectivity index (χ0n) is 12.2. The molecule has 2 rings (SSSR count). The third kappa shape index (κ3) is 4.63. The van der Waals surface area contributed by atoms with Gasteiger partial charge in [-0.3, -0.25) is 0 Å². The molecular formula is C17H19Cl2NO. The van der Waals surface area contributed by atoms with Crippen molar-refractivity contribution in [3.05, 3.63) is 63.6 Å². The maximum atomic E-state index is 6.10. The quantitative estimate of drug-likeness (QED) is 0.784. The van der Waals surface area contributed by atoms with Crippen molar-refractivity contribution in [1.29, 1.82) is 0 Å². The third-order valence-corrected chi connectivity index (χ3v) is 3.70. The highest BCUT2D eigenvalue weighted by Gasteiger charge is 2.12. The Kier molecular flexibility index (Phi) is 5.92. The molecule has 0 spiro atoms. The van der Waals surface area contributed by atoms with Crippen LogP contribution in [0.4, 0.5) is 0 Å². The molecule has 0 bridgehead atoms. The van der Waals surface area contributed by atoms with E-state index in [1.165, 1.54) is 0 Å². The number of benzene rings is 2. The van der Waals surface area contributed by atoms with E-state index < -0.39 is 0 Å².